The summed E-state index contributed by atoms with van der Waals surface area (Å²) in [5, 5.41) is 9.45. The molecule has 0 aliphatic carbocycles. The monoisotopic (exact) mass is 345 g/mol. The van der Waals surface area contributed by atoms with E-state index in [9.17, 15) is 8.42 Å². The summed E-state index contributed by atoms with van der Waals surface area (Å²) >= 11 is 7.25. The first kappa shape index (κ1) is 16.5. The Labute approximate surface area is 133 Å². The summed E-state index contributed by atoms with van der Waals surface area (Å²) < 4.78 is 26.6. The zero-order chi connectivity index (χ0) is 15.5. The van der Waals surface area contributed by atoms with Gasteiger partial charge in [0.05, 0.1) is 0 Å². The number of aliphatic hydroxyl groups is 1. The lowest BCUT2D eigenvalue weighted by Crippen LogP contribution is -2.25. The summed E-state index contributed by atoms with van der Waals surface area (Å²) in [6, 6.07) is 10.5. The Morgan fingerprint density at radius 3 is 2.62 bits per heavy atom. The molecule has 0 aliphatic heterocycles. The van der Waals surface area contributed by atoms with Gasteiger partial charge < -0.3 is 5.11 Å². The molecule has 1 aromatic heterocycles. The summed E-state index contributed by atoms with van der Waals surface area (Å²) in [6.45, 7) is 0.227. The molecule has 0 bridgehead atoms. The Hall–Kier alpha value is -0.920. The zero-order valence-electron chi connectivity index (χ0n) is 11.5. The SMILES string of the molecule is CN(Cc1ccccc1Cl)S(=O)(=O)c1ccc(CCO)s1. The number of benzene rings is 1. The molecule has 0 spiro atoms. The van der Waals surface area contributed by atoms with Crippen LogP contribution in [-0.2, 0) is 23.0 Å². The van der Waals surface area contributed by atoms with E-state index in [2.05, 4.69) is 0 Å². The van der Waals surface area contributed by atoms with Crippen LogP contribution in [0.1, 0.15) is 10.4 Å². The van der Waals surface area contributed by atoms with E-state index in [-0.39, 0.29) is 17.4 Å². The summed E-state index contributed by atoms with van der Waals surface area (Å²) in [5.41, 5.74) is 0.761. The maximum Gasteiger partial charge on any atom is 0.252 e. The average Bonchev–Trinajstić information content (AvgIpc) is 2.91. The van der Waals surface area contributed by atoms with Crippen LogP contribution in [0.15, 0.2) is 40.6 Å². The van der Waals surface area contributed by atoms with Gasteiger partial charge in [-0.25, -0.2) is 8.42 Å². The van der Waals surface area contributed by atoms with Crippen LogP contribution in [0.25, 0.3) is 0 Å². The molecular formula is C14H16ClNO3S2. The third-order valence-electron chi connectivity index (χ3n) is 3.01. The third-order valence-corrected chi connectivity index (χ3v) is 6.80. The van der Waals surface area contributed by atoms with E-state index in [4.69, 9.17) is 16.7 Å². The quantitative estimate of drug-likeness (QED) is 0.875. The Bertz CT molecular complexity index is 713. The van der Waals surface area contributed by atoms with Crippen LogP contribution in [0.2, 0.25) is 5.02 Å². The van der Waals surface area contributed by atoms with Gasteiger partial charge in [-0.3, -0.25) is 0 Å². The molecule has 1 heterocycles. The summed E-state index contributed by atoms with van der Waals surface area (Å²) in [6.07, 6.45) is 0.467. The first-order valence-corrected chi connectivity index (χ1v) is 8.98. The summed E-state index contributed by atoms with van der Waals surface area (Å²) in [4.78, 5) is 0.849. The fourth-order valence-electron chi connectivity index (χ4n) is 1.85. The van der Waals surface area contributed by atoms with Gasteiger partial charge in [-0.1, -0.05) is 29.8 Å². The molecule has 4 nitrogen and oxygen atoms in total. The van der Waals surface area contributed by atoms with Crippen molar-refractivity contribution in [3.63, 3.8) is 0 Å². The topological polar surface area (TPSA) is 57.6 Å². The highest BCUT2D eigenvalue weighted by Crippen LogP contribution is 2.26. The van der Waals surface area contributed by atoms with Crippen LogP contribution >= 0.6 is 22.9 Å². The van der Waals surface area contributed by atoms with Crippen LogP contribution < -0.4 is 0 Å². The second kappa shape index (κ2) is 6.89. The molecule has 0 radical (unpaired) electrons. The lowest BCUT2D eigenvalue weighted by molar-refractivity contribution is 0.300. The predicted molar refractivity (Wildman–Crippen MR) is 85.2 cm³/mol. The van der Waals surface area contributed by atoms with Crippen molar-refractivity contribution >= 4 is 33.0 Å². The minimum atomic E-state index is -3.54. The van der Waals surface area contributed by atoms with Crippen molar-refractivity contribution in [1.82, 2.24) is 4.31 Å². The highest BCUT2D eigenvalue weighted by atomic mass is 35.5. The van der Waals surface area contributed by atoms with Gasteiger partial charge in [-0.15, -0.1) is 11.3 Å². The molecule has 21 heavy (non-hydrogen) atoms. The normalized spacial score (nSPS) is 12.0. The third kappa shape index (κ3) is 3.84. The lowest BCUT2D eigenvalue weighted by atomic mass is 10.2. The fraction of sp³-hybridized carbons (Fsp3) is 0.286. The van der Waals surface area contributed by atoms with Gasteiger partial charge in [0.1, 0.15) is 4.21 Å². The minimum absolute atomic E-state index is 0.00939. The number of halogens is 1. The van der Waals surface area contributed by atoms with E-state index in [0.29, 0.717) is 11.4 Å². The van der Waals surface area contributed by atoms with Gasteiger partial charge in [0.15, 0.2) is 0 Å². The maximum absolute atomic E-state index is 12.5. The van der Waals surface area contributed by atoms with Gasteiger partial charge in [0.25, 0.3) is 10.0 Å². The van der Waals surface area contributed by atoms with Crippen molar-refractivity contribution in [2.45, 2.75) is 17.2 Å². The number of aliphatic hydroxyl groups excluding tert-OH is 1. The largest absolute Gasteiger partial charge is 0.396 e. The molecule has 0 aliphatic rings. The van der Waals surface area contributed by atoms with Crippen molar-refractivity contribution in [1.29, 1.82) is 0 Å². The molecule has 1 aromatic carbocycles. The molecule has 0 saturated heterocycles. The van der Waals surface area contributed by atoms with Gasteiger partial charge in [0, 0.05) is 36.5 Å². The molecular weight excluding hydrogens is 330 g/mol. The van der Waals surface area contributed by atoms with E-state index in [0.717, 1.165) is 10.4 Å². The number of hydrogen-bond donors (Lipinski definition) is 1. The number of nitrogens with zero attached hydrogens (tertiary/aromatic N) is 1. The number of hydrogen-bond acceptors (Lipinski definition) is 4. The Morgan fingerprint density at radius 1 is 1.24 bits per heavy atom. The Balaban J connectivity index is 2.20. The van der Waals surface area contributed by atoms with Crippen LogP contribution in [0.3, 0.4) is 0 Å². The Morgan fingerprint density at radius 2 is 1.95 bits per heavy atom. The smallest absolute Gasteiger partial charge is 0.252 e. The molecule has 7 heteroatoms. The van der Waals surface area contributed by atoms with Crippen LogP contribution in [0, 0.1) is 0 Å². The second-order valence-corrected chi connectivity index (χ2v) is 8.39. The Kier molecular flexibility index (Phi) is 5.40. The van der Waals surface area contributed by atoms with Crippen LogP contribution in [0.5, 0.6) is 0 Å². The van der Waals surface area contributed by atoms with Crippen molar-refractivity contribution in [2.24, 2.45) is 0 Å². The van der Waals surface area contributed by atoms with Gasteiger partial charge >= 0.3 is 0 Å². The standard InChI is InChI=1S/C14H16ClNO3S2/c1-16(10-11-4-2-3-5-13(11)15)21(18,19)14-7-6-12(20-14)8-9-17/h2-7,17H,8-10H2,1H3. The average molecular weight is 346 g/mol. The molecule has 1 N–H and O–H groups in total. The van der Waals surface area contributed by atoms with Crippen LogP contribution in [0.4, 0.5) is 0 Å². The van der Waals surface area contributed by atoms with Crippen molar-refractivity contribution in [3.8, 4) is 0 Å². The molecule has 2 aromatic rings. The maximum atomic E-state index is 12.5. The van der Waals surface area contributed by atoms with Crippen LogP contribution in [-0.4, -0.2) is 31.5 Å². The summed E-state index contributed by atoms with van der Waals surface area (Å²) in [7, 11) is -2.01. The van der Waals surface area contributed by atoms with Crippen molar-refractivity contribution in [2.75, 3.05) is 13.7 Å². The number of sulfonamides is 1. The fourth-order valence-corrected chi connectivity index (χ4v) is 4.75. The van der Waals surface area contributed by atoms with E-state index >= 15 is 0 Å². The molecule has 114 valence electrons. The van der Waals surface area contributed by atoms with Gasteiger partial charge in [-0.05, 0) is 23.8 Å². The molecule has 0 atom stereocenters. The number of rotatable bonds is 6. The van der Waals surface area contributed by atoms with Crippen molar-refractivity contribution in [3.05, 3.63) is 51.9 Å². The van der Waals surface area contributed by atoms with Gasteiger partial charge in [-0.2, -0.15) is 4.31 Å². The second-order valence-electron chi connectivity index (χ2n) is 4.55. The molecule has 0 saturated carbocycles. The van der Waals surface area contributed by atoms with E-state index in [1.165, 1.54) is 22.7 Å². The zero-order valence-corrected chi connectivity index (χ0v) is 13.9. The lowest BCUT2D eigenvalue weighted by Gasteiger charge is -2.16. The molecule has 0 amide bonds. The van der Waals surface area contributed by atoms with Crippen molar-refractivity contribution < 1.29 is 13.5 Å². The first-order valence-electron chi connectivity index (χ1n) is 6.34. The predicted octanol–water partition coefficient (Wildman–Crippen LogP) is 2.76. The highest BCUT2D eigenvalue weighted by molar-refractivity contribution is 7.91. The van der Waals surface area contributed by atoms with E-state index in [1.54, 1.807) is 30.3 Å². The molecule has 0 fully saturated rings. The van der Waals surface area contributed by atoms with E-state index < -0.39 is 10.0 Å². The highest BCUT2D eigenvalue weighted by Gasteiger charge is 2.23. The minimum Gasteiger partial charge on any atom is -0.396 e. The summed E-state index contributed by atoms with van der Waals surface area (Å²) in [5.74, 6) is 0. The molecule has 0 unspecified atom stereocenters. The van der Waals surface area contributed by atoms with Gasteiger partial charge in [0.2, 0.25) is 0 Å². The molecule has 2 rings (SSSR count). The number of thiophene rings is 1. The first-order chi connectivity index (χ1) is 9.95. The van der Waals surface area contributed by atoms with E-state index in [1.807, 2.05) is 6.07 Å².